The molecule has 2 rings (SSSR count). The van der Waals surface area contributed by atoms with Gasteiger partial charge in [0.1, 0.15) is 5.69 Å². The zero-order valence-electron chi connectivity index (χ0n) is 10.2. The number of hydrogen-bond acceptors (Lipinski definition) is 6. The first-order valence-electron chi connectivity index (χ1n) is 5.66. The minimum Gasteiger partial charge on any atom is -0.458 e. The van der Waals surface area contributed by atoms with Crippen molar-refractivity contribution in [2.45, 2.75) is 26.4 Å². The van der Waals surface area contributed by atoms with Gasteiger partial charge in [0.2, 0.25) is 0 Å². The first-order valence-corrected chi connectivity index (χ1v) is 6.43. The van der Waals surface area contributed by atoms with Gasteiger partial charge in [-0.2, -0.15) is 0 Å². The Kier molecular flexibility index (Phi) is 3.99. The maximum Gasteiger partial charge on any atom is 0.352 e. The van der Waals surface area contributed by atoms with Crippen molar-refractivity contribution in [3.05, 3.63) is 29.4 Å². The molecule has 0 bridgehead atoms. The summed E-state index contributed by atoms with van der Waals surface area (Å²) in [5, 5.41) is 3.97. The molecule has 94 valence electrons. The molecular weight excluding hydrogens is 250 g/mol. The Labute approximate surface area is 109 Å². The summed E-state index contributed by atoms with van der Waals surface area (Å²) in [6.07, 6.45) is 3.98. The Bertz CT molecular complexity index is 527. The summed E-state index contributed by atoms with van der Waals surface area (Å²) < 4.78 is 9.09. The fourth-order valence-corrected chi connectivity index (χ4v) is 1.91. The summed E-state index contributed by atoms with van der Waals surface area (Å²) in [4.78, 5) is 16.4. The SMILES string of the molecule is CC[C@@H](C)OC(=O)c1snnc1-c1cccnc1. The van der Waals surface area contributed by atoms with E-state index in [-0.39, 0.29) is 12.1 Å². The molecule has 0 aliphatic rings. The standard InChI is InChI=1S/C12H13N3O2S/c1-3-8(2)17-12(16)11-10(14-15-18-11)9-5-4-6-13-7-9/h4-8H,3H2,1-2H3/t8-/m1/s1. The van der Waals surface area contributed by atoms with E-state index in [1.54, 1.807) is 18.5 Å². The Morgan fingerprint density at radius 1 is 1.56 bits per heavy atom. The van der Waals surface area contributed by atoms with Gasteiger partial charge < -0.3 is 4.74 Å². The zero-order chi connectivity index (χ0) is 13.0. The highest BCUT2D eigenvalue weighted by atomic mass is 32.1. The predicted octanol–water partition coefficient (Wildman–Crippen LogP) is 2.56. The molecule has 0 saturated heterocycles. The van der Waals surface area contributed by atoms with Crippen molar-refractivity contribution in [3.63, 3.8) is 0 Å². The molecule has 2 aromatic heterocycles. The van der Waals surface area contributed by atoms with Gasteiger partial charge in [-0.05, 0) is 37.0 Å². The van der Waals surface area contributed by atoms with Crippen LogP contribution in [0.15, 0.2) is 24.5 Å². The molecule has 0 aliphatic heterocycles. The van der Waals surface area contributed by atoms with E-state index < -0.39 is 0 Å². The van der Waals surface area contributed by atoms with E-state index in [4.69, 9.17) is 4.74 Å². The molecule has 0 aromatic carbocycles. The molecule has 0 fully saturated rings. The third-order valence-corrected chi connectivity index (χ3v) is 3.20. The molecule has 0 radical (unpaired) electrons. The average molecular weight is 263 g/mol. The highest BCUT2D eigenvalue weighted by Gasteiger charge is 2.20. The van der Waals surface area contributed by atoms with Crippen LogP contribution >= 0.6 is 11.5 Å². The van der Waals surface area contributed by atoms with Crippen molar-refractivity contribution >= 4 is 17.5 Å². The molecule has 2 heterocycles. The maximum atomic E-state index is 12.0. The molecule has 0 spiro atoms. The smallest absolute Gasteiger partial charge is 0.352 e. The summed E-state index contributed by atoms with van der Waals surface area (Å²) in [5.41, 5.74) is 1.30. The lowest BCUT2D eigenvalue weighted by molar-refractivity contribution is 0.0341. The number of hydrogen-bond donors (Lipinski definition) is 0. The van der Waals surface area contributed by atoms with E-state index in [1.807, 2.05) is 19.9 Å². The number of carbonyl (C=O) groups excluding carboxylic acids is 1. The molecule has 6 heteroatoms. The van der Waals surface area contributed by atoms with Crippen molar-refractivity contribution in [2.24, 2.45) is 0 Å². The minimum absolute atomic E-state index is 0.110. The maximum absolute atomic E-state index is 12.0. The van der Waals surface area contributed by atoms with E-state index in [2.05, 4.69) is 14.6 Å². The van der Waals surface area contributed by atoms with Gasteiger partial charge in [-0.25, -0.2) is 4.79 Å². The van der Waals surface area contributed by atoms with Crippen LogP contribution < -0.4 is 0 Å². The van der Waals surface area contributed by atoms with Crippen LogP contribution in [0.25, 0.3) is 11.3 Å². The van der Waals surface area contributed by atoms with E-state index in [1.165, 1.54) is 0 Å². The number of rotatable bonds is 4. The van der Waals surface area contributed by atoms with Crippen LogP contribution in [0, 0.1) is 0 Å². The number of pyridine rings is 1. The fraction of sp³-hybridized carbons (Fsp3) is 0.333. The first-order chi connectivity index (χ1) is 8.72. The van der Waals surface area contributed by atoms with Crippen molar-refractivity contribution in [3.8, 4) is 11.3 Å². The van der Waals surface area contributed by atoms with Gasteiger partial charge >= 0.3 is 5.97 Å². The van der Waals surface area contributed by atoms with Crippen LogP contribution in [0.2, 0.25) is 0 Å². The van der Waals surface area contributed by atoms with Crippen LogP contribution in [-0.4, -0.2) is 26.6 Å². The Morgan fingerprint density at radius 3 is 3.06 bits per heavy atom. The lowest BCUT2D eigenvalue weighted by Gasteiger charge is -2.09. The first kappa shape index (κ1) is 12.6. The number of nitrogens with zero attached hydrogens (tertiary/aromatic N) is 3. The van der Waals surface area contributed by atoms with Crippen molar-refractivity contribution in [2.75, 3.05) is 0 Å². The summed E-state index contributed by atoms with van der Waals surface area (Å²) >= 11 is 1.04. The summed E-state index contributed by atoms with van der Waals surface area (Å²) in [6.45, 7) is 3.82. The van der Waals surface area contributed by atoms with Crippen LogP contribution in [0.1, 0.15) is 29.9 Å². The molecular formula is C12H13N3O2S. The molecule has 0 unspecified atom stereocenters. The quantitative estimate of drug-likeness (QED) is 0.793. The normalized spacial score (nSPS) is 12.1. The molecule has 0 amide bonds. The molecule has 2 aromatic rings. The Hall–Kier alpha value is -1.82. The number of esters is 1. The highest BCUT2D eigenvalue weighted by Crippen LogP contribution is 2.24. The fourth-order valence-electron chi connectivity index (χ4n) is 1.34. The second-order valence-corrected chi connectivity index (χ2v) is 4.57. The van der Waals surface area contributed by atoms with Gasteiger partial charge in [0.15, 0.2) is 4.88 Å². The van der Waals surface area contributed by atoms with Gasteiger partial charge in [0.05, 0.1) is 6.10 Å². The molecule has 0 aliphatic carbocycles. The van der Waals surface area contributed by atoms with E-state index in [9.17, 15) is 4.79 Å². The van der Waals surface area contributed by atoms with E-state index in [0.29, 0.717) is 10.6 Å². The molecule has 18 heavy (non-hydrogen) atoms. The van der Waals surface area contributed by atoms with Gasteiger partial charge in [0, 0.05) is 18.0 Å². The van der Waals surface area contributed by atoms with Crippen LogP contribution in [-0.2, 0) is 4.74 Å². The Morgan fingerprint density at radius 2 is 2.39 bits per heavy atom. The second kappa shape index (κ2) is 5.68. The molecule has 5 nitrogen and oxygen atoms in total. The minimum atomic E-state index is -0.377. The third-order valence-electron chi connectivity index (χ3n) is 2.49. The largest absolute Gasteiger partial charge is 0.458 e. The monoisotopic (exact) mass is 263 g/mol. The third kappa shape index (κ3) is 2.70. The predicted molar refractivity (Wildman–Crippen MR) is 68.3 cm³/mol. The summed E-state index contributed by atoms with van der Waals surface area (Å²) in [6, 6.07) is 3.63. The summed E-state index contributed by atoms with van der Waals surface area (Å²) in [5.74, 6) is -0.377. The Balaban J connectivity index is 2.26. The van der Waals surface area contributed by atoms with Crippen LogP contribution in [0.5, 0.6) is 0 Å². The lowest BCUT2D eigenvalue weighted by atomic mass is 10.2. The second-order valence-electron chi connectivity index (χ2n) is 3.82. The highest BCUT2D eigenvalue weighted by molar-refractivity contribution is 7.08. The average Bonchev–Trinajstić information content (AvgIpc) is 2.88. The summed E-state index contributed by atoms with van der Waals surface area (Å²) in [7, 11) is 0. The lowest BCUT2D eigenvalue weighted by Crippen LogP contribution is -2.13. The number of ether oxygens (including phenoxy) is 1. The molecule has 0 N–H and O–H groups in total. The zero-order valence-corrected chi connectivity index (χ0v) is 11.0. The van der Waals surface area contributed by atoms with Gasteiger partial charge in [-0.1, -0.05) is 11.4 Å². The van der Waals surface area contributed by atoms with E-state index >= 15 is 0 Å². The van der Waals surface area contributed by atoms with Gasteiger partial charge in [0.25, 0.3) is 0 Å². The van der Waals surface area contributed by atoms with Gasteiger partial charge in [-0.3, -0.25) is 4.98 Å². The molecule has 1 atom stereocenters. The van der Waals surface area contributed by atoms with Crippen LogP contribution in [0.4, 0.5) is 0 Å². The molecule has 0 saturated carbocycles. The number of carbonyl (C=O) groups is 1. The van der Waals surface area contributed by atoms with Gasteiger partial charge in [-0.15, -0.1) is 5.10 Å². The van der Waals surface area contributed by atoms with Crippen molar-refractivity contribution in [1.82, 2.24) is 14.6 Å². The van der Waals surface area contributed by atoms with E-state index in [0.717, 1.165) is 23.5 Å². The van der Waals surface area contributed by atoms with Crippen LogP contribution in [0.3, 0.4) is 0 Å². The number of aromatic nitrogens is 3. The van der Waals surface area contributed by atoms with Crippen molar-refractivity contribution < 1.29 is 9.53 Å². The topological polar surface area (TPSA) is 65.0 Å². The van der Waals surface area contributed by atoms with Crippen molar-refractivity contribution in [1.29, 1.82) is 0 Å².